The number of rotatable bonds is 0. The lowest BCUT2D eigenvalue weighted by Crippen LogP contribution is -2.16. The van der Waals surface area contributed by atoms with Crippen molar-refractivity contribution in [2.75, 3.05) is 0 Å². The second-order valence-electron chi connectivity index (χ2n) is 5.07. The Morgan fingerprint density at radius 2 is 1.71 bits per heavy atom. The van der Waals surface area contributed by atoms with Crippen molar-refractivity contribution in [3.8, 4) is 0 Å². The van der Waals surface area contributed by atoms with Gasteiger partial charge in [0, 0.05) is 0 Å². The van der Waals surface area contributed by atoms with Gasteiger partial charge in [-0.1, -0.05) is 51.1 Å². The van der Waals surface area contributed by atoms with E-state index in [0.29, 0.717) is 0 Å². The summed E-state index contributed by atoms with van der Waals surface area (Å²) in [7, 11) is 0. The zero-order chi connectivity index (χ0) is 10.2. The summed E-state index contributed by atoms with van der Waals surface area (Å²) in [6.07, 6.45) is 6.79. The Morgan fingerprint density at radius 3 is 2.43 bits per heavy atom. The maximum absolute atomic E-state index is 2.29. The maximum atomic E-state index is 2.29. The third-order valence-electron chi connectivity index (χ3n) is 2.91. The monoisotopic (exact) mass is 186 g/mol. The number of hydrogen-bond acceptors (Lipinski definition) is 0. The molecule has 14 heavy (non-hydrogen) atoms. The summed E-state index contributed by atoms with van der Waals surface area (Å²) in [5.41, 5.74) is 4.86. The molecule has 1 aliphatic carbocycles. The van der Waals surface area contributed by atoms with Crippen LogP contribution < -0.4 is 0 Å². The van der Waals surface area contributed by atoms with Crippen LogP contribution in [0.15, 0.2) is 30.4 Å². The molecule has 0 radical (unpaired) electrons. The SMILES string of the molecule is CC(C)(C)c1cccc2c1CC=CC2. The fourth-order valence-electron chi connectivity index (χ4n) is 2.18. The van der Waals surface area contributed by atoms with Crippen LogP contribution >= 0.6 is 0 Å². The van der Waals surface area contributed by atoms with Gasteiger partial charge >= 0.3 is 0 Å². The van der Waals surface area contributed by atoms with E-state index in [9.17, 15) is 0 Å². The van der Waals surface area contributed by atoms with Crippen LogP contribution in [0.1, 0.15) is 37.5 Å². The van der Waals surface area contributed by atoms with E-state index in [-0.39, 0.29) is 5.41 Å². The van der Waals surface area contributed by atoms with Gasteiger partial charge in [-0.25, -0.2) is 0 Å². The Hall–Kier alpha value is -1.04. The summed E-state index contributed by atoms with van der Waals surface area (Å²) in [5.74, 6) is 0. The molecule has 1 aliphatic rings. The Balaban J connectivity index is 2.54. The molecule has 0 bridgehead atoms. The number of benzene rings is 1. The summed E-state index contributed by atoms with van der Waals surface area (Å²) in [4.78, 5) is 0. The molecule has 0 spiro atoms. The summed E-state index contributed by atoms with van der Waals surface area (Å²) >= 11 is 0. The molecule has 0 nitrogen and oxygen atoms in total. The van der Waals surface area contributed by atoms with Crippen molar-refractivity contribution in [1.29, 1.82) is 0 Å². The van der Waals surface area contributed by atoms with Crippen LogP contribution in [0.25, 0.3) is 0 Å². The lowest BCUT2D eigenvalue weighted by molar-refractivity contribution is 0.583. The van der Waals surface area contributed by atoms with Crippen LogP contribution in [0.4, 0.5) is 0 Å². The van der Waals surface area contributed by atoms with Crippen LogP contribution in [0.3, 0.4) is 0 Å². The molecule has 0 heterocycles. The zero-order valence-electron chi connectivity index (χ0n) is 9.30. The van der Waals surface area contributed by atoms with Crippen molar-refractivity contribution in [3.05, 3.63) is 47.0 Å². The fraction of sp³-hybridized carbons (Fsp3) is 0.429. The van der Waals surface area contributed by atoms with Crippen molar-refractivity contribution in [2.24, 2.45) is 0 Å². The predicted octanol–water partition coefficient (Wildman–Crippen LogP) is 3.64. The van der Waals surface area contributed by atoms with E-state index in [1.807, 2.05) is 0 Å². The highest BCUT2D eigenvalue weighted by Gasteiger charge is 2.19. The van der Waals surface area contributed by atoms with Crippen molar-refractivity contribution in [3.63, 3.8) is 0 Å². The number of allylic oxidation sites excluding steroid dienone is 2. The number of fused-ring (bicyclic) bond motifs is 1. The molecule has 0 aromatic heterocycles. The summed E-state index contributed by atoms with van der Waals surface area (Å²) in [6, 6.07) is 6.73. The van der Waals surface area contributed by atoms with Crippen molar-refractivity contribution in [1.82, 2.24) is 0 Å². The molecule has 74 valence electrons. The molecule has 0 fully saturated rings. The highest BCUT2D eigenvalue weighted by Crippen LogP contribution is 2.30. The molecule has 0 amide bonds. The minimum absolute atomic E-state index is 0.274. The fourth-order valence-corrected chi connectivity index (χ4v) is 2.18. The zero-order valence-corrected chi connectivity index (χ0v) is 9.30. The molecule has 0 saturated heterocycles. The van der Waals surface area contributed by atoms with Crippen molar-refractivity contribution in [2.45, 2.75) is 39.0 Å². The van der Waals surface area contributed by atoms with Gasteiger partial charge < -0.3 is 0 Å². The first-order valence-corrected chi connectivity index (χ1v) is 5.35. The Morgan fingerprint density at radius 1 is 1.00 bits per heavy atom. The maximum Gasteiger partial charge on any atom is -0.00915 e. The first kappa shape index (κ1) is 9.51. The lowest BCUT2D eigenvalue weighted by Gasteiger charge is -2.25. The van der Waals surface area contributed by atoms with Crippen molar-refractivity contribution < 1.29 is 0 Å². The van der Waals surface area contributed by atoms with Gasteiger partial charge in [-0.15, -0.1) is 0 Å². The molecule has 0 heteroatoms. The first-order valence-electron chi connectivity index (χ1n) is 5.35. The Kier molecular flexibility index (Phi) is 2.22. The molecule has 0 atom stereocenters. The van der Waals surface area contributed by atoms with Crippen molar-refractivity contribution >= 4 is 0 Å². The molecule has 0 saturated carbocycles. The van der Waals surface area contributed by atoms with Crippen LogP contribution in [0, 0.1) is 0 Å². The van der Waals surface area contributed by atoms with E-state index in [4.69, 9.17) is 0 Å². The quantitative estimate of drug-likeness (QED) is 0.543. The van der Waals surface area contributed by atoms with Gasteiger partial charge in [0.25, 0.3) is 0 Å². The molecule has 0 unspecified atom stereocenters. The van der Waals surface area contributed by atoms with Crippen LogP contribution in [-0.2, 0) is 18.3 Å². The van der Waals surface area contributed by atoms with E-state index in [1.165, 1.54) is 11.1 Å². The van der Waals surface area contributed by atoms with Gasteiger partial charge in [0.15, 0.2) is 0 Å². The summed E-state index contributed by atoms with van der Waals surface area (Å²) < 4.78 is 0. The average Bonchev–Trinajstić information content (AvgIpc) is 2.15. The molecular weight excluding hydrogens is 168 g/mol. The predicted molar refractivity (Wildman–Crippen MR) is 61.7 cm³/mol. The normalized spacial score (nSPS) is 15.4. The van der Waals surface area contributed by atoms with Gasteiger partial charge in [-0.3, -0.25) is 0 Å². The van der Waals surface area contributed by atoms with Crippen LogP contribution in [0.2, 0.25) is 0 Å². The second kappa shape index (κ2) is 3.27. The molecule has 1 aromatic rings. The van der Waals surface area contributed by atoms with Gasteiger partial charge in [0.05, 0.1) is 0 Å². The van der Waals surface area contributed by atoms with Gasteiger partial charge in [0.2, 0.25) is 0 Å². The minimum Gasteiger partial charge on any atom is -0.0838 e. The van der Waals surface area contributed by atoms with E-state index in [0.717, 1.165) is 12.8 Å². The van der Waals surface area contributed by atoms with Crippen LogP contribution in [-0.4, -0.2) is 0 Å². The third kappa shape index (κ3) is 1.61. The highest BCUT2D eigenvalue weighted by atomic mass is 14.2. The third-order valence-corrected chi connectivity index (χ3v) is 2.91. The van der Waals surface area contributed by atoms with E-state index in [1.54, 1.807) is 5.56 Å². The standard InChI is InChI=1S/C14H18/c1-14(2,3)13-10-6-8-11-7-4-5-9-12(11)13/h4-6,8,10H,7,9H2,1-3H3. The molecule has 2 rings (SSSR count). The first-order chi connectivity index (χ1) is 6.59. The topological polar surface area (TPSA) is 0 Å². The summed E-state index contributed by atoms with van der Waals surface area (Å²) in [6.45, 7) is 6.88. The number of hydrogen-bond donors (Lipinski definition) is 0. The Bertz CT molecular complexity index is 364. The Labute approximate surface area is 86.7 Å². The van der Waals surface area contributed by atoms with E-state index >= 15 is 0 Å². The average molecular weight is 186 g/mol. The molecular formula is C14H18. The molecule has 0 N–H and O–H groups in total. The van der Waals surface area contributed by atoms with Crippen LogP contribution in [0.5, 0.6) is 0 Å². The second-order valence-corrected chi connectivity index (χ2v) is 5.07. The minimum atomic E-state index is 0.274. The molecule has 1 aromatic carbocycles. The molecule has 0 aliphatic heterocycles. The highest BCUT2D eigenvalue weighted by molar-refractivity contribution is 5.43. The van der Waals surface area contributed by atoms with Gasteiger partial charge in [0.1, 0.15) is 0 Å². The van der Waals surface area contributed by atoms with E-state index in [2.05, 4.69) is 51.1 Å². The lowest BCUT2D eigenvalue weighted by atomic mass is 9.79. The van der Waals surface area contributed by atoms with E-state index < -0.39 is 0 Å². The van der Waals surface area contributed by atoms with Gasteiger partial charge in [-0.05, 0) is 34.9 Å². The van der Waals surface area contributed by atoms with Gasteiger partial charge in [-0.2, -0.15) is 0 Å². The smallest absolute Gasteiger partial charge is 0.00915 e. The largest absolute Gasteiger partial charge is 0.0838 e. The summed E-state index contributed by atoms with van der Waals surface area (Å²) in [5, 5.41) is 0.